The zero-order valence-corrected chi connectivity index (χ0v) is 12.9. The Balaban J connectivity index is 1.52. The fourth-order valence-electron chi connectivity index (χ4n) is 2.26. The number of thioether (sulfide) groups is 1. The highest BCUT2D eigenvalue weighted by atomic mass is 32.2. The molecular formula is C14H24N2S2. The monoisotopic (exact) mass is 284 g/mol. The number of thiophene rings is 1. The Morgan fingerprint density at radius 1 is 1.44 bits per heavy atom. The summed E-state index contributed by atoms with van der Waals surface area (Å²) < 4.78 is 0. The van der Waals surface area contributed by atoms with Gasteiger partial charge in [-0.05, 0) is 24.3 Å². The van der Waals surface area contributed by atoms with Gasteiger partial charge < -0.3 is 10.2 Å². The second-order valence-electron chi connectivity index (χ2n) is 4.78. The zero-order valence-electron chi connectivity index (χ0n) is 11.2. The molecule has 2 nitrogen and oxygen atoms in total. The van der Waals surface area contributed by atoms with Gasteiger partial charge in [-0.3, -0.25) is 0 Å². The van der Waals surface area contributed by atoms with Gasteiger partial charge >= 0.3 is 0 Å². The molecule has 102 valence electrons. The lowest BCUT2D eigenvalue weighted by atomic mass is 10.3. The molecule has 0 amide bonds. The van der Waals surface area contributed by atoms with Crippen LogP contribution in [0.1, 0.15) is 18.2 Å². The van der Waals surface area contributed by atoms with Crippen molar-refractivity contribution in [1.82, 2.24) is 10.2 Å². The van der Waals surface area contributed by atoms with Crippen LogP contribution in [0.25, 0.3) is 0 Å². The molecule has 1 fully saturated rings. The second-order valence-corrected chi connectivity index (χ2v) is 7.22. The third kappa shape index (κ3) is 4.92. The lowest BCUT2D eigenvalue weighted by Gasteiger charge is -2.31. The molecule has 0 spiro atoms. The normalized spacial score (nSPS) is 21.3. The molecule has 1 aromatic rings. The van der Waals surface area contributed by atoms with E-state index in [0.29, 0.717) is 0 Å². The Kier molecular flexibility index (Phi) is 6.55. The maximum absolute atomic E-state index is 3.56. The molecule has 4 heteroatoms. The summed E-state index contributed by atoms with van der Waals surface area (Å²) in [5, 5.41) is 6.59. The van der Waals surface area contributed by atoms with Crippen LogP contribution in [0.15, 0.2) is 17.5 Å². The maximum atomic E-state index is 3.56. The molecule has 1 aliphatic heterocycles. The topological polar surface area (TPSA) is 15.3 Å². The van der Waals surface area contributed by atoms with Crippen LogP contribution in [0.5, 0.6) is 0 Å². The lowest BCUT2D eigenvalue weighted by molar-refractivity contribution is 0.281. The molecule has 2 heterocycles. The van der Waals surface area contributed by atoms with Crippen molar-refractivity contribution >= 4 is 23.1 Å². The molecule has 0 bridgehead atoms. The first-order valence-electron chi connectivity index (χ1n) is 6.95. The molecule has 18 heavy (non-hydrogen) atoms. The van der Waals surface area contributed by atoms with Gasteiger partial charge in [0.15, 0.2) is 0 Å². The third-order valence-electron chi connectivity index (χ3n) is 3.41. The van der Waals surface area contributed by atoms with Crippen LogP contribution >= 0.6 is 23.1 Å². The van der Waals surface area contributed by atoms with E-state index in [4.69, 9.17) is 0 Å². The summed E-state index contributed by atoms with van der Waals surface area (Å²) in [6.07, 6.45) is 2.48. The number of nitrogens with one attached hydrogen (secondary N) is 1. The maximum Gasteiger partial charge on any atom is 0.0172 e. The molecule has 0 aliphatic carbocycles. The summed E-state index contributed by atoms with van der Waals surface area (Å²) in [4.78, 5) is 4.10. The van der Waals surface area contributed by atoms with Crippen LogP contribution in [-0.4, -0.2) is 48.6 Å². The van der Waals surface area contributed by atoms with E-state index in [1.54, 1.807) is 0 Å². The molecule has 1 atom stereocenters. The zero-order chi connectivity index (χ0) is 12.6. The van der Waals surface area contributed by atoms with Crippen LogP contribution in [0, 0.1) is 0 Å². The van der Waals surface area contributed by atoms with E-state index >= 15 is 0 Å². The van der Waals surface area contributed by atoms with Crippen molar-refractivity contribution in [2.45, 2.75) is 25.0 Å². The summed E-state index contributed by atoms with van der Waals surface area (Å²) >= 11 is 4.01. The minimum atomic E-state index is 0.866. The van der Waals surface area contributed by atoms with Gasteiger partial charge in [-0.25, -0.2) is 0 Å². The number of rotatable bonds is 7. The summed E-state index contributed by atoms with van der Waals surface area (Å²) in [6, 6.07) is 4.36. The van der Waals surface area contributed by atoms with Gasteiger partial charge in [-0.2, -0.15) is 11.8 Å². The van der Waals surface area contributed by atoms with Gasteiger partial charge in [0.25, 0.3) is 0 Å². The Morgan fingerprint density at radius 2 is 2.39 bits per heavy atom. The van der Waals surface area contributed by atoms with Crippen LogP contribution in [0.4, 0.5) is 0 Å². The van der Waals surface area contributed by atoms with E-state index in [2.05, 4.69) is 46.4 Å². The van der Waals surface area contributed by atoms with Crippen molar-refractivity contribution in [3.63, 3.8) is 0 Å². The summed E-state index contributed by atoms with van der Waals surface area (Å²) in [6.45, 7) is 8.32. The van der Waals surface area contributed by atoms with E-state index in [0.717, 1.165) is 18.3 Å². The fraction of sp³-hybridized carbons (Fsp3) is 0.714. The predicted molar refractivity (Wildman–Crippen MR) is 83.9 cm³/mol. The SMILES string of the molecule is CCC1CN(CCNCCc2cccs2)CCS1. The summed E-state index contributed by atoms with van der Waals surface area (Å²) in [5.74, 6) is 1.31. The van der Waals surface area contributed by atoms with Crippen molar-refractivity contribution in [3.05, 3.63) is 22.4 Å². The van der Waals surface area contributed by atoms with Gasteiger partial charge in [0.2, 0.25) is 0 Å². The Hall–Kier alpha value is -0.0300. The van der Waals surface area contributed by atoms with Crippen LogP contribution in [0.3, 0.4) is 0 Å². The molecule has 0 radical (unpaired) electrons. The molecular weight excluding hydrogens is 260 g/mol. The van der Waals surface area contributed by atoms with E-state index in [9.17, 15) is 0 Å². The second kappa shape index (κ2) is 8.20. The minimum absolute atomic E-state index is 0.866. The highest BCUT2D eigenvalue weighted by molar-refractivity contribution is 8.00. The van der Waals surface area contributed by atoms with Gasteiger partial charge in [-0.1, -0.05) is 13.0 Å². The van der Waals surface area contributed by atoms with E-state index in [1.807, 2.05) is 11.3 Å². The smallest absolute Gasteiger partial charge is 0.0172 e. The number of hydrogen-bond acceptors (Lipinski definition) is 4. The molecule has 1 N–H and O–H groups in total. The minimum Gasteiger partial charge on any atom is -0.315 e. The van der Waals surface area contributed by atoms with Crippen LogP contribution in [-0.2, 0) is 6.42 Å². The van der Waals surface area contributed by atoms with Gasteiger partial charge in [0.1, 0.15) is 0 Å². The Bertz CT molecular complexity index is 314. The predicted octanol–water partition coefficient (Wildman–Crippen LogP) is 2.71. The van der Waals surface area contributed by atoms with Crippen LogP contribution in [0.2, 0.25) is 0 Å². The summed E-state index contributed by atoms with van der Waals surface area (Å²) in [7, 11) is 0. The quantitative estimate of drug-likeness (QED) is 0.775. The van der Waals surface area contributed by atoms with Gasteiger partial charge in [0.05, 0.1) is 0 Å². The molecule has 1 aromatic heterocycles. The van der Waals surface area contributed by atoms with E-state index in [1.165, 1.54) is 43.1 Å². The molecule has 1 saturated heterocycles. The summed E-state index contributed by atoms with van der Waals surface area (Å²) in [5.41, 5.74) is 0. The average Bonchev–Trinajstić information content (AvgIpc) is 2.92. The van der Waals surface area contributed by atoms with Gasteiger partial charge in [-0.15, -0.1) is 11.3 Å². The first-order valence-corrected chi connectivity index (χ1v) is 8.88. The largest absolute Gasteiger partial charge is 0.315 e. The first kappa shape index (κ1) is 14.4. The highest BCUT2D eigenvalue weighted by Crippen LogP contribution is 2.20. The van der Waals surface area contributed by atoms with Crippen molar-refractivity contribution < 1.29 is 0 Å². The molecule has 1 aliphatic rings. The number of nitrogens with zero attached hydrogens (tertiary/aromatic N) is 1. The van der Waals surface area contributed by atoms with Crippen LogP contribution < -0.4 is 5.32 Å². The molecule has 0 saturated carbocycles. The van der Waals surface area contributed by atoms with E-state index in [-0.39, 0.29) is 0 Å². The standard InChI is InChI=1S/C14H24N2S2/c1-2-13-12-16(9-11-18-13)8-7-15-6-5-14-4-3-10-17-14/h3-4,10,13,15H,2,5-9,11-12H2,1H3. The van der Waals surface area contributed by atoms with Crippen molar-refractivity contribution in [1.29, 1.82) is 0 Å². The molecule has 0 aromatic carbocycles. The highest BCUT2D eigenvalue weighted by Gasteiger charge is 2.17. The van der Waals surface area contributed by atoms with Gasteiger partial charge in [0, 0.05) is 48.6 Å². The third-order valence-corrected chi connectivity index (χ3v) is 5.72. The number of hydrogen-bond donors (Lipinski definition) is 1. The molecule has 2 rings (SSSR count). The molecule has 1 unspecified atom stereocenters. The average molecular weight is 284 g/mol. The van der Waals surface area contributed by atoms with Crippen molar-refractivity contribution in [3.8, 4) is 0 Å². The Labute approximate surface area is 119 Å². The first-order chi connectivity index (χ1) is 8.88. The fourth-order valence-corrected chi connectivity index (χ4v) is 4.22. The lowest BCUT2D eigenvalue weighted by Crippen LogP contribution is -2.41. The van der Waals surface area contributed by atoms with Crippen molar-refractivity contribution in [2.75, 3.05) is 38.5 Å². The Morgan fingerprint density at radius 3 is 3.17 bits per heavy atom. The van der Waals surface area contributed by atoms with E-state index < -0.39 is 0 Å². The van der Waals surface area contributed by atoms with Crippen molar-refractivity contribution in [2.24, 2.45) is 0 Å².